The molecule has 0 aromatic carbocycles. The molecular formula is C15H12F3N7O4. The summed E-state index contributed by atoms with van der Waals surface area (Å²) in [6.45, 7) is -1.16. The number of furan rings is 1. The number of halogens is 3. The van der Waals surface area contributed by atoms with Crippen molar-refractivity contribution in [2.24, 2.45) is 5.10 Å². The van der Waals surface area contributed by atoms with Gasteiger partial charge in [-0.3, -0.25) is 24.3 Å². The predicted octanol–water partition coefficient (Wildman–Crippen LogP) is 1.96. The first-order valence-electron chi connectivity index (χ1n) is 7.89. The molecule has 0 fully saturated rings. The number of hydrazone groups is 1. The highest BCUT2D eigenvalue weighted by molar-refractivity contribution is 5.92. The van der Waals surface area contributed by atoms with E-state index >= 15 is 0 Å². The number of carbonyl (C=O) groups is 1. The molecule has 0 saturated heterocycles. The van der Waals surface area contributed by atoms with Crippen LogP contribution in [0.3, 0.4) is 0 Å². The van der Waals surface area contributed by atoms with Crippen LogP contribution in [0.2, 0.25) is 0 Å². The monoisotopic (exact) mass is 411 g/mol. The Morgan fingerprint density at radius 3 is 2.83 bits per heavy atom. The van der Waals surface area contributed by atoms with E-state index in [-0.39, 0.29) is 23.7 Å². The van der Waals surface area contributed by atoms with Gasteiger partial charge in [0.1, 0.15) is 30.4 Å². The summed E-state index contributed by atoms with van der Waals surface area (Å²) >= 11 is 0. The van der Waals surface area contributed by atoms with Crippen LogP contribution in [0.25, 0.3) is 0 Å². The number of carbonyl (C=O) groups excluding carboxylic acids is 1. The molecule has 0 bridgehead atoms. The van der Waals surface area contributed by atoms with E-state index in [1.54, 1.807) is 0 Å². The Hall–Kier alpha value is -3.97. The lowest BCUT2D eigenvalue weighted by molar-refractivity contribution is -0.385. The normalized spacial score (nSPS) is 11.8. The summed E-state index contributed by atoms with van der Waals surface area (Å²) in [6.07, 6.45) is 0.116. The van der Waals surface area contributed by atoms with Gasteiger partial charge in [-0.1, -0.05) is 0 Å². The van der Waals surface area contributed by atoms with Gasteiger partial charge in [0.2, 0.25) is 0 Å². The Morgan fingerprint density at radius 2 is 2.14 bits per heavy atom. The molecule has 3 aromatic rings. The van der Waals surface area contributed by atoms with Crippen molar-refractivity contribution in [1.29, 1.82) is 0 Å². The zero-order valence-electron chi connectivity index (χ0n) is 14.4. The van der Waals surface area contributed by atoms with Gasteiger partial charge in [0.05, 0.1) is 17.7 Å². The fraction of sp³-hybridized carbons (Fsp3) is 0.200. The summed E-state index contributed by atoms with van der Waals surface area (Å²) in [5, 5.41) is 21.7. The number of amides is 1. The summed E-state index contributed by atoms with van der Waals surface area (Å²) in [5.41, 5.74) is 2.10. The van der Waals surface area contributed by atoms with Crippen LogP contribution in [-0.2, 0) is 13.1 Å². The molecule has 1 N–H and O–H groups in total. The minimum Gasteiger partial charge on any atom is -0.454 e. The summed E-state index contributed by atoms with van der Waals surface area (Å²) in [7, 11) is 0. The first-order valence-corrected chi connectivity index (χ1v) is 7.89. The molecule has 1 amide bonds. The van der Waals surface area contributed by atoms with Crippen molar-refractivity contribution in [3.8, 4) is 0 Å². The molecule has 0 aliphatic carbocycles. The minimum absolute atomic E-state index is 0.0705. The summed E-state index contributed by atoms with van der Waals surface area (Å²) < 4.78 is 44.1. The molecule has 152 valence electrons. The lowest BCUT2D eigenvalue weighted by Gasteiger charge is -2.04. The van der Waals surface area contributed by atoms with Gasteiger partial charge in [0.15, 0.2) is 5.76 Å². The fourth-order valence-electron chi connectivity index (χ4n) is 2.21. The van der Waals surface area contributed by atoms with Gasteiger partial charge in [-0.15, -0.1) is 0 Å². The first kappa shape index (κ1) is 19.8. The Labute approximate surface area is 159 Å². The highest BCUT2D eigenvalue weighted by atomic mass is 19.4. The number of rotatable bonds is 7. The maximum absolute atomic E-state index is 12.3. The highest BCUT2D eigenvalue weighted by Gasteiger charge is 2.28. The molecule has 3 aromatic heterocycles. The van der Waals surface area contributed by atoms with Gasteiger partial charge in [0.25, 0.3) is 0 Å². The molecule has 3 heterocycles. The van der Waals surface area contributed by atoms with Gasteiger partial charge >= 0.3 is 17.8 Å². The van der Waals surface area contributed by atoms with Crippen LogP contribution >= 0.6 is 0 Å². The minimum atomic E-state index is -4.40. The molecule has 0 spiro atoms. The molecule has 0 radical (unpaired) electrons. The van der Waals surface area contributed by atoms with Gasteiger partial charge in [0, 0.05) is 6.20 Å². The molecule has 0 atom stereocenters. The van der Waals surface area contributed by atoms with Gasteiger partial charge in [-0.05, 0) is 18.2 Å². The Bertz CT molecular complexity index is 1050. The van der Waals surface area contributed by atoms with Crippen molar-refractivity contribution < 1.29 is 27.3 Å². The van der Waals surface area contributed by atoms with Crippen LogP contribution in [0.1, 0.15) is 22.0 Å². The topological polar surface area (TPSA) is 133 Å². The Balaban J connectivity index is 1.54. The summed E-state index contributed by atoms with van der Waals surface area (Å²) in [6, 6.07) is 4.16. The second-order valence-electron chi connectivity index (χ2n) is 5.67. The molecule has 3 rings (SSSR count). The lowest BCUT2D eigenvalue weighted by atomic mass is 10.4. The average Bonchev–Trinajstić information content (AvgIpc) is 3.35. The van der Waals surface area contributed by atoms with E-state index in [2.05, 4.69) is 20.7 Å². The first-order chi connectivity index (χ1) is 13.7. The molecule has 0 saturated carbocycles. The van der Waals surface area contributed by atoms with Crippen molar-refractivity contribution in [1.82, 2.24) is 25.0 Å². The summed E-state index contributed by atoms with van der Waals surface area (Å²) in [5.74, 6) is -0.460. The van der Waals surface area contributed by atoms with Crippen LogP contribution in [0.15, 0.2) is 46.3 Å². The molecule has 29 heavy (non-hydrogen) atoms. The smallest absolute Gasteiger partial charge is 0.408 e. The maximum Gasteiger partial charge on any atom is 0.408 e. The van der Waals surface area contributed by atoms with Crippen LogP contribution in [0, 0.1) is 10.1 Å². The van der Waals surface area contributed by atoms with Crippen LogP contribution in [0.4, 0.5) is 18.9 Å². The van der Waals surface area contributed by atoms with Crippen molar-refractivity contribution in [3.05, 3.63) is 64.1 Å². The number of hydrogen-bond donors (Lipinski definition) is 1. The third-order valence-electron chi connectivity index (χ3n) is 3.40. The van der Waals surface area contributed by atoms with Gasteiger partial charge in [-0.2, -0.15) is 28.5 Å². The number of nitrogens with zero attached hydrogens (tertiary/aromatic N) is 6. The van der Waals surface area contributed by atoms with Crippen molar-refractivity contribution in [2.45, 2.75) is 19.3 Å². The zero-order chi connectivity index (χ0) is 21.0. The van der Waals surface area contributed by atoms with Crippen molar-refractivity contribution >= 4 is 17.8 Å². The molecule has 14 heteroatoms. The van der Waals surface area contributed by atoms with E-state index in [1.165, 1.54) is 29.1 Å². The van der Waals surface area contributed by atoms with Gasteiger partial charge < -0.3 is 4.42 Å². The molecular weight excluding hydrogens is 399 g/mol. The summed E-state index contributed by atoms with van der Waals surface area (Å²) in [4.78, 5) is 22.0. The second-order valence-corrected chi connectivity index (χ2v) is 5.67. The number of nitrogens with one attached hydrogen (secondary N) is 1. The number of alkyl halides is 3. The standard InChI is InChI=1S/C15H12F3N7O4/c16-15(17,18)9-23-4-3-10(22-23)5-19-21-14(26)13-2-1-12(29-13)8-24-7-11(6-20-24)25(27)28/h1-7H,8-9H2,(H,21,26)/b19-5-. The average molecular weight is 411 g/mol. The molecule has 0 unspecified atom stereocenters. The van der Waals surface area contributed by atoms with E-state index in [1.807, 2.05) is 0 Å². The highest BCUT2D eigenvalue weighted by Crippen LogP contribution is 2.16. The van der Waals surface area contributed by atoms with Crippen LogP contribution in [0.5, 0.6) is 0 Å². The molecule has 0 aliphatic rings. The van der Waals surface area contributed by atoms with E-state index in [4.69, 9.17) is 4.42 Å². The van der Waals surface area contributed by atoms with E-state index in [0.29, 0.717) is 10.4 Å². The number of aromatic nitrogens is 4. The van der Waals surface area contributed by atoms with E-state index in [0.717, 1.165) is 18.6 Å². The largest absolute Gasteiger partial charge is 0.454 e. The maximum atomic E-state index is 12.3. The third-order valence-corrected chi connectivity index (χ3v) is 3.40. The Morgan fingerprint density at radius 1 is 1.34 bits per heavy atom. The predicted molar refractivity (Wildman–Crippen MR) is 90.0 cm³/mol. The lowest BCUT2D eigenvalue weighted by Crippen LogP contribution is -2.18. The molecule has 11 nitrogen and oxygen atoms in total. The quantitative estimate of drug-likeness (QED) is 0.359. The molecule has 0 aliphatic heterocycles. The fourth-order valence-corrected chi connectivity index (χ4v) is 2.21. The van der Waals surface area contributed by atoms with Gasteiger partial charge in [-0.25, -0.2) is 5.43 Å². The number of hydrogen-bond acceptors (Lipinski definition) is 7. The third kappa shape index (κ3) is 5.50. The zero-order valence-corrected chi connectivity index (χ0v) is 14.4. The van der Waals surface area contributed by atoms with Crippen LogP contribution in [-0.4, -0.2) is 42.8 Å². The Kier molecular flexibility index (Phi) is 5.43. The number of nitro groups is 1. The van der Waals surface area contributed by atoms with Crippen LogP contribution < -0.4 is 5.43 Å². The van der Waals surface area contributed by atoms with E-state index < -0.39 is 23.6 Å². The van der Waals surface area contributed by atoms with E-state index in [9.17, 15) is 28.1 Å². The van der Waals surface area contributed by atoms with Crippen molar-refractivity contribution in [3.63, 3.8) is 0 Å². The SMILES string of the molecule is O=C(N/N=C\c1ccn(CC(F)(F)F)n1)c1ccc(Cn2cc([N+](=O)[O-])cn2)o1. The van der Waals surface area contributed by atoms with Crippen molar-refractivity contribution in [2.75, 3.05) is 0 Å². The second kappa shape index (κ2) is 7.95.